The monoisotopic (exact) mass is 1160 g/mol. The van der Waals surface area contributed by atoms with Crippen LogP contribution in [0.4, 0.5) is 17.1 Å². The number of anilines is 2. The smallest absolute Gasteiger partial charge is 0.252 e. The molecule has 4 atom stereocenters. The Balaban J connectivity index is 1.16. The normalized spacial score (nSPS) is 13.4. The average Bonchev–Trinajstić information content (AvgIpc) is 4.00. The number of amidine groups is 1. The molecule has 5 aromatic rings. The summed E-state index contributed by atoms with van der Waals surface area (Å²) in [6, 6.07) is 26.3. The number of hydrogen-bond donors (Lipinski definition) is 6. The van der Waals surface area contributed by atoms with Crippen LogP contribution in [-0.2, 0) is 50.0 Å². The fourth-order valence-electron chi connectivity index (χ4n) is 9.50. The van der Waals surface area contributed by atoms with E-state index in [-0.39, 0.29) is 80.2 Å². The Kier molecular flexibility index (Phi) is 24.1. The van der Waals surface area contributed by atoms with E-state index in [2.05, 4.69) is 78.5 Å². The van der Waals surface area contributed by atoms with E-state index >= 15 is 0 Å². The van der Waals surface area contributed by atoms with Crippen molar-refractivity contribution in [2.45, 2.75) is 119 Å². The molecule has 2 unspecified atom stereocenters. The quantitative estimate of drug-likeness (QED) is 0.0134. The Hall–Kier alpha value is -9.13. The van der Waals surface area contributed by atoms with Gasteiger partial charge in [0.15, 0.2) is 34.6 Å². The highest BCUT2D eigenvalue weighted by molar-refractivity contribution is 6.14. The fourth-order valence-corrected chi connectivity index (χ4v) is 9.50. The lowest BCUT2D eigenvalue weighted by molar-refractivity contribution is -0.130. The van der Waals surface area contributed by atoms with Gasteiger partial charge in [0.25, 0.3) is 5.91 Å². The molecule has 0 radical (unpaired) electrons. The summed E-state index contributed by atoms with van der Waals surface area (Å²) in [5.74, 6) is -0.847. The Labute approximate surface area is 498 Å². The lowest BCUT2D eigenvalue weighted by Crippen LogP contribution is -2.50. The number of ether oxygens (including phenoxy) is 4. The van der Waals surface area contributed by atoms with E-state index in [4.69, 9.17) is 29.3 Å². The molecule has 19 nitrogen and oxygen atoms in total. The van der Waals surface area contributed by atoms with E-state index in [1.54, 1.807) is 36.4 Å². The van der Waals surface area contributed by atoms with E-state index in [9.17, 15) is 33.6 Å². The molecular weight excluding hydrogens is 1080 g/mol. The third-order valence-corrected chi connectivity index (χ3v) is 14.4. The van der Waals surface area contributed by atoms with Crippen LogP contribution in [0.25, 0.3) is 0 Å². The third-order valence-electron chi connectivity index (χ3n) is 14.4. The van der Waals surface area contributed by atoms with Crippen LogP contribution in [-0.4, -0.2) is 104 Å². The fraction of sp³-hybridized carbons (Fsp3) is 0.379. The Morgan fingerprint density at radius 1 is 0.659 bits per heavy atom. The lowest BCUT2D eigenvalue weighted by atomic mass is 9.97. The van der Waals surface area contributed by atoms with Gasteiger partial charge >= 0.3 is 0 Å². The number of hydrogen-bond acceptors (Lipinski definition) is 14. The van der Waals surface area contributed by atoms with E-state index in [0.29, 0.717) is 81.7 Å². The minimum Gasteiger partial charge on any atom is -0.493 e. The van der Waals surface area contributed by atoms with E-state index in [1.807, 2.05) is 36.5 Å². The van der Waals surface area contributed by atoms with Crippen LogP contribution in [0.1, 0.15) is 121 Å². The summed E-state index contributed by atoms with van der Waals surface area (Å²) >= 11 is 0. The molecule has 5 aromatic carbocycles. The van der Waals surface area contributed by atoms with Crippen molar-refractivity contribution in [3.8, 4) is 23.0 Å². The van der Waals surface area contributed by atoms with Gasteiger partial charge in [0, 0.05) is 79.4 Å². The number of aliphatic imine (C=N–C) groups is 1. The van der Waals surface area contributed by atoms with Gasteiger partial charge in [-0.3, -0.25) is 48.9 Å². The maximum absolute atomic E-state index is 13.9. The van der Waals surface area contributed by atoms with Gasteiger partial charge in [0.05, 0.1) is 19.9 Å². The first-order valence-electron chi connectivity index (χ1n) is 28.6. The number of carbonyl (C=O) groups excluding carboxylic acids is 7. The van der Waals surface area contributed by atoms with Crippen molar-refractivity contribution < 1.29 is 52.5 Å². The lowest BCUT2D eigenvalue weighted by Gasteiger charge is -2.20. The molecule has 1 aliphatic heterocycles. The standard InChI is InChI=1S/C66H80N8O11/c1-40(27-50-19-13-11-17-42(50)3)36-69-55-34-59(57(82-9)32-53(55)46(7)75)84-38-48-29-49(39-85-60-35-56(54(47(8)76)33-58(60)83-10)70-37-41(2)28-51-20-14-12-18-43(51)4)31-52(30-48)73-66(81)45(6)72-65(80)44(5)71-63(78)22-16-15-21-62(77)68-25-26-74-61(67)23-24-64(74)79/h11-14,17-20,23-24,29-36,40-41,44-45,67,70H,15-16,21-22,25-28,37-39H2,1-10H3,(H,68,77)(H,71,78)(H,72,80)(H,73,81)/b67-61?,69-36-/t40?,41-,44-,45?/m0/s1. The molecule has 0 spiro atoms. The summed E-state index contributed by atoms with van der Waals surface area (Å²) < 4.78 is 24.4. The number of unbranched alkanes of at least 4 members (excludes halogenated alkanes) is 1. The van der Waals surface area contributed by atoms with Gasteiger partial charge < -0.3 is 45.5 Å². The maximum atomic E-state index is 13.9. The molecule has 0 bridgehead atoms. The van der Waals surface area contributed by atoms with Crippen molar-refractivity contribution in [1.29, 1.82) is 5.41 Å². The Bertz CT molecular complexity index is 3300. The predicted molar refractivity (Wildman–Crippen MR) is 330 cm³/mol. The van der Waals surface area contributed by atoms with Crippen LogP contribution in [0.5, 0.6) is 23.0 Å². The van der Waals surface area contributed by atoms with Gasteiger partial charge in [-0.1, -0.05) is 62.4 Å². The minimum absolute atomic E-state index is 0.0321. The Morgan fingerprint density at radius 2 is 1.22 bits per heavy atom. The number of nitrogens with one attached hydrogen (secondary N) is 6. The molecule has 0 fully saturated rings. The molecule has 1 aliphatic rings. The number of rotatable bonds is 32. The molecule has 0 aliphatic carbocycles. The van der Waals surface area contributed by atoms with Crippen LogP contribution < -0.4 is 45.5 Å². The maximum Gasteiger partial charge on any atom is 0.252 e. The molecule has 0 aromatic heterocycles. The molecule has 6 rings (SSSR count). The molecule has 0 saturated carbocycles. The zero-order valence-electron chi connectivity index (χ0n) is 50.4. The van der Waals surface area contributed by atoms with Crippen molar-refractivity contribution in [2.75, 3.05) is 44.5 Å². The summed E-state index contributed by atoms with van der Waals surface area (Å²) in [4.78, 5) is 96.2. The second-order valence-electron chi connectivity index (χ2n) is 21.6. The van der Waals surface area contributed by atoms with Gasteiger partial charge in [-0.05, 0) is 149 Å². The molecule has 5 amide bonds. The number of amides is 5. The van der Waals surface area contributed by atoms with Crippen molar-refractivity contribution in [3.05, 3.63) is 148 Å². The Morgan fingerprint density at radius 3 is 1.80 bits per heavy atom. The van der Waals surface area contributed by atoms with Crippen molar-refractivity contribution in [3.63, 3.8) is 0 Å². The number of aryl methyl sites for hydroxylation is 2. The minimum atomic E-state index is -1.06. The highest BCUT2D eigenvalue weighted by atomic mass is 16.5. The summed E-state index contributed by atoms with van der Waals surface area (Å²) in [5, 5.41) is 22.2. The zero-order chi connectivity index (χ0) is 61.7. The molecule has 450 valence electrons. The second-order valence-corrected chi connectivity index (χ2v) is 21.6. The molecular formula is C66H80N8O11. The first-order chi connectivity index (χ1) is 40.6. The van der Waals surface area contributed by atoms with Gasteiger partial charge in [-0.2, -0.15) is 0 Å². The van der Waals surface area contributed by atoms with Crippen molar-refractivity contribution in [2.24, 2.45) is 16.8 Å². The zero-order valence-corrected chi connectivity index (χ0v) is 50.4. The van der Waals surface area contributed by atoms with E-state index < -0.39 is 29.8 Å². The van der Waals surface area contributed by atoms with Crippen LogP contribution in [0.2, 0.25) is 0 Å². The SMILES string of the molecule is COc1cc(C(C)=O)c(/N=C\C(C)Cc2ccccc2C)cc1OCc1cc(COc2cc(NC[C@@H](C)Cc3ccccc3C)c(C(C)=O)cc2OC)cc(NC(=O)C(C)NC(=O)[C@H](C)NC(=O)CCCCC(=O)NCCN2C(=N)C=CC2=O)c1. The first-order valence-corrected chi connectivity index (χ1v) is 28.6. The van der Waals surface area contributed by atoms with Crippen LogP contribution in [0.15, 0.2) is 108 Å². The van der Waals surface area contributed by atoms with Crippen molar-refractivity contribution in [1.82, 2.24) is 20.9 Å². The molecule has 85 heavy (non-hydrogen) atoms. The van der Waals surface area contributed by atoms with Gasteiger partial charge in [0.1, 0.15) is 31.1 Å². The number of Topliss-reactive ketones (excluding diaryl/α,β-unsaturated/α-hetero) is 2. The van der Waals surface area contributed by atoms with Crippen LogP contribution >= 0.6 is 0 Å². The molecule has 0 saturated heterocycles. The highest BCUT2D eigenvalue weighted by Gasteiger charge is 2.24. The largest absolute Gasteiger partial charge is 0.493 e. The summed E-state index contributed by atoms with van der Waals surface area (Å²) in [6.45, 7) is 15.2. The predicted octanol–water partition coefficient (Wildman–Crippen LogP) is 9.76. The van der Waals surface area contributed by atoms with E-state index in [1.165, 1.54) is 81.2 Å². The van der Waals surface area contributed by atoms with E-state index in [0.717, 1.165) is 12.8 Å². The first kappa shape index (κ1) is 65.0. The number of ketones is 2. The summed E-state index contributed by atoms with van der Waals surface area (Å²) in [6.07, 6.45) is 7.09. The molecule has 1 heterocycles. The average molecular weight is 1160 g/mol. The number of nitrogens with zero attached hydrogens (tertiary/aromatic N) is 2. The van der Waals surface area contributed by atoms with Gasteiger partial charge in [0.2, 0.25) is 23.6 Å². The third kappa shape index (κ3) is 19.5. The summed E-state index contributed by atoms with van der Waals surface area (Å²) in [5.41, 5.74) is 8.17. The highest BCUT2D eigenvalue weighted by Crippen LogP contribution is 2.38. The molecule has 6 N–H and O–H groups in total. The van der Waals surface area contributed by atoms with Crippen LogP contribution in [0.3, 0.4) is 0 Å². The van der Waals surface area contributed by atoms with Crippen LogP contribution in [0, 0.1) is 31.1 Å². The number of benzene rings is 5. The summed E-state index contributed by atoms with van der Waals surface area (Å²) in [7, 11) is 2.97. The van der Waals surface area contributed by atoms with Crippen molar-refractivity contribution >= 4 is 70.2 Å². The van der Waals surface area contributed by atoms with Gasteiger partial charge in [-0.25, -0.2) is 0 Å². The topological polar surface area (TPSA) is 256 Å². The number of methoxy groups -OCH3 is 2. The second kappa shape index (κ2) is 31.5. The number of carbonyl (C=O) groups is 7. The molecule has 19 heteroatoms. The van der Waals surface area contributed by atoms with Gasteiger partial charge in [-0.15, -0.1) is 0 Å².